The molecular weight excluding hydrogens is 218 g/mol. The van der Waals surface area contributed by atoms with Crippen molar-refractivity contribution in [1.82, 2.24) is 4.72 Å². The second kappa shape index (κ2) is 5.46. The third-order valence-corrected chi connectivity index (χ3v) is 4.57. The predicted molar refractivity (Wildman–Crippen MR) is 56.0 cm³/mol. The van der Waals surface area contributed by atoms with Gasteiger partial charge in [-0.2, -0.15) is 0 Å². The van der Waals surface area contributed by atoms with Crippen LogP contribution in [0.1, 0.15) is 38.5 Å². The molecule has 6 heteroatoms. The molecule has 0 aromatic rings. The standard InChI is InChI=1S/C9H17NO4S/c11-9(12)6-3-7-10-15(13,14)8-4-1-2-5-8/h8,10H,1-7H2,(H,11,12). The molecule has 0 heterocycles. The van der Waals surface area contributed by atoms with Gasteiger partial charge in [0.05, 0.1) is 5.25 Å². The summed E-state index contributed by atoms with van der Waals surface area (Å²) in [5.41, 5.74) is 0. The van der Waals surface area contributed by atoms with E-state index in [2.05, 4.69) is 4.72 Å². The monoisotopic (exact) mass is 235 g/mol. The molecule has 0 bridgehead atoms. The zero-order valence-electron chi connectivity index (χ0n) is 8.61. The first-order valence-corrected chi connectivity index (χ1v) is 6.77. The minimum Gasteiger partial charge on any atom is -0.481 e. The molecule has 1 aliphatic carbocycles. The van der Waals surface area contributed by atoms with Crippen LogP contribution < -0.4 is 4.72 Å². The van der Waals surface area contributed by atoms with Crippen molar-refractivity contribution in [2.45, 2.75) is 43.8 Å². The maximum Gasteiger partial charge on any atom is 0.303 e. The van der Waals surface area contributed by atoms with Gasteiger partial charge in [0.2, 0.25) is 10.0 Å². The Balaban J connectivity index is 2.27. The van der Waals surface area contributed by atoms with Crippen LogP contribution in [0.2, 0.25) is 0 Å². The molecule has 0 atom stereocenters. The lowest BCUT2D eigenvalue weighted by Gasteiger charge is -2.11. The van der Waals surface area contributed by atoms with Gasteiger partial charge in [-0.1, -0.05) is 12.8 Å². The van der Waals surface area contributed by atoms with Crippen LogP contribution in [0.4, 0.5) is 0 Å². The van der Waals surface area contributed by atoms with Crippen LogP contribution >= 0.6 is 0 Å². The van der Waals surface area contributed by atoms with Crippen molar-refractivity contribution < 1.29 is 18.3 Å². The molecule has 1 saturated carbocycles. The lowest BCUT2D eigenvalue weighted by molar-refractivity contribution is -0.137. The average molecular weight is 235 g/mol. The summed E-state index contributed by atoms with van der Waals surface area (Å²) in [5.74, 6) is -0.893. The van der Waals surface area contributed by atoms with Crippen molar-refractivity contribution in [2.75, 3.05) is 6.54 Å². The second-order valence-corrected chi connectivity index (χ2v) is 5.89. The van der Waals surface area contributed by atoms with E-state index >= 15 is 0 Å². The average Bonchev–Trinajstić information content (AvgIpc) is 2.65. The number of hydrogen-bond acceptors (Lipinski definition) is 3. The molecule has 0 aliphatic heterocycles. The second-order valence-electron chi connectivity index (χ2n) is 3.84. The van der Waals surface area contributed by atoms with Gasteiger partial charge in [0.25, 0.3) is 0 Å². The highest BCUT2D eigenvalue weighted by Gasteiger charge is 2.27. The van der Waals surface area contributed by atoms with Crippen LogP contribution in [0.5, 0.6) is 0 Å². The van der Waals surface area contributed by atoms with Crippen molar-refractivity contribution in [1.29, 1.82) is 0 Å². The summed E-state index contributed by atoms with van der Waals surface area (Å²) in [6.45, 7) is 0.227. The Morgan fingerprint density at radius 3 is 2.47 bits per heavy atom. The molecule has 0 amide bonds. The van der Waals surface area contributed by atoms with E-state index in [1.54, 1.807) is 0 Å². The summed E-state index contributed by atoms with van der Waals surface area (Å²) < 4.78 is 25.7. The predicted octanol–water partition coefficient (Wildman–Crippen LogP) is 0.713. The Kier molecular flexibility index (Phi) is 4.53. The highest BCUT2D eigenvalue weighted by Crippen LogP contribution is 2.23. The number of carbonyl (C=O) groups is 1. The number of hydrogen-bond donors (Lipinski definition) is 2. The van der Waals surface area contributed by atoms with Gasteiger partial charge in [-0.15, -0.1) is 0 Å². The lowest BCUT2D eigenvalue weighted by atomic mass is 10.3. The number of carboxylic acid groups (broad SMARTS) is 1. The fraction of sp³-hybridized carbons (Fsp3) is 0.889. The van der Waals surface area contributed by atoms with Gasteiger partial charge in [0.15, 0.2) is 0 Å². The van der Waals surface area contributed by atoms with Gasteiger partial charge >= 0.3 is 5.97 Å². The molecular formula is C9H17NO4S. The molecule has 15 heavy (non-hydrogen) atoms. The summed E-state index contributed by atoms with van der Waals surface area (Å²) in [4.78, 5) is 10.2. The van der Waals surface area contributed by atoms with E-state index in [1.807, 2.05) is 0 Å². The Morgan fingerprint density at radius 1 is 1.33 bits per heavy atom. The molecule has 1 rings (SSSR count). The van der Waals surface area contributed by atoms with Crippen LogP contribution in [-0.4, -0.2) is 31.3 Å². The SMILES string of the molecule is O=C(O)CCCNS(=O)(=O)C1CCCC1. The quantitative estimate of drug-likeness (QED) is 0.664. The van der Waals surface area contributed by atoms with Gasteiger partial charge in [0.1, 0.15) is 0 Å². The van der Waals surface area contributed by atoms with Crippen molar-refractivity contribution >= 4 is 16.0 Å². The summed E-state index contributed by atoms with van der Waals surface area (Å²) in [6.07, 6.45) is 3.76. The smallest absolute Gasteiger partial charge is 0.303 e. The first kappa shape index (κ1) is 12.4. The van der Waals surface area contributed by atoms with E-state index in [9.17, 15) is 13.2 Å². The van der Waals surface area contributed by atoms with E-state index < -0.39 is 16.0 Å². The highest BCUT2D eigenvalue weighted by atomic mass is 32.2. The molecule has 5 nitrogen and oxygen atoms in total. The summed E-state index contributed by atoms with van der Waals surface area (Å²) >= 11 is 0. The Morgan fingerprint density at radius 2 is 1.93 bits per heavy atom. The first-order chi connectivity index (χ1) is 7.02. The third-order valence-electron chi connectivity index (χ3n) is 2.61. The minimum absolute atomic E-state index is 0.00713. The van der Waals surface area contributed by atoms with Crippen LogP contribution in [-0.2, 0) is 14.8 Å². The van der Waals surface area contributed by atoms with Gasteiger partial charge in [-0.05, 0) is 19.3 Å². The summed E-state index contributed by atoms with van der Waals surface area (Å²) in [6, 6.07) is 0. The highest BCUT2D eigenvalue weighted by molar-refractivity contribution is 7.90. The molecule has 88 valence electrons. The van der Waals surface area contributed by atoms with Gasteiger partial charge in [0, 0.05) is 13.0 Å². The number of carboxylic acids is 1. The molecule has 2 N–H and O–H groups in total. The third kappa shape index (κ3) is 4.17. The molecule has 0 aromatic heterocycles. The summed E-state index contributed by atoms with van der Waals surface area (Å²) in [7, 11) is -3.20. The minimum atomic E-state index is -3.20. The number of aliphatic carboxylic acids is 1. The van der Waals surface area contributed by atoms with E-state index in [0.717, 1.165) is 25.7 Å². The lowest BCUT2D eigenvalue weighted by Crippen LogP contribution is -2.33. The Labute approximate surface area is 89.9 Å². The van der Waals surface area contributed by atoms with Gasteiger partial charge in [-0.3, -0.25) is 4.79 Å². The maximum absolute atomic E-state index is 11.6. The van der Waals surface area contributed by atoms with E-state index in [0.29, 0.717) is 6.42 Å². The molecule has 0 spiro atoms. The van der Waals surface area contributed by atoms with Crippen molar-refractivity contribution in [3.63, 3.8) is 0 Å². The van der Waals surface area contributed by atoms with Gasteiger partial charge < -0.3 is 5.11 Å². The van der Waals surface area contributed by atoms with E-state index in [4.69, 9.17) is 5.11 Å². The molecule has 1 aliphatic rings. The fourth-order valence-electron chi connectivity index (χ4n) is 1.77. The zero-order valence-corrected chi connectivity index (χ0v) is 9.42. The van der Waals surface area contributed by atoms with Crippen LogP contribution in [0.25, 0.3) is 0 Å². The normalized spacial score (nSPS) is 18.1. The molecule has 1 fully saturated rings. The van der Waals surface area contributed by atoms with Crippen molar-refractivity contribution in [3.05, 3.63) is 0 Å². The zero-order chi connectivity index (χ0) is 11.3. The van der Waals surface area contributed by atoms with E-state index in [-0.39, 0.29) is 18.2 Å². The van der Waals surface area contributed by atoms with Crippen molar-refractivity contribution in [3.8, 4) is 0 Å². The molecule has 0 unspecified atom stereocenters. The van der Waals surface area contributed by atoms with Crippen LogP contribution in [0.3, 0.4) is 0 Å². The number of rotatable bonds is 6. The molecule has 0 radical (unpaired) electrons. The van der Waals surface area contributed by atoms with Crippen LogP contribution in [0.15, 0.2) is 0 Å². The van der Waals surface area contributed by atoms with Gasteiger partial charge in [-0.25, -0.2) is 13.1 Å². The largest absolute Gasteiger partial charge is 0.481 e. The Bertz CT molecular complexity index is 306. The van der Waals surface area contributed by atoms with Crippen molar-refractivity contribution in [2.24, 2.45) is 0 Å². The van der Waals surface area contributed by atoms with Crippen LogP contribution in [0, 0.1) is 0 Å². The van der Waals surface area contributed by atoms with E-state index in [1.165, 1.54) is 0 Å². The maximum atomic E-state index is 11.6. The first-order valence-electron chi connectivity index (χ1n) is 5.22. The number of sulfonamides is 1. The summed E-state index contributed by atoms with van der Waals surface area (Å²) in [5, 5.41) is 8.12. The molecule has 0 aromatic carbocycles. The fourth-order valence-corrected chi connectivity index (χ4v) is 3.39. The molecule has 0 saturated heterocycles. The number of nitrogens with one attached hydrogen (secondary N) is 1. The topological polar surface area (TPSA) is 83.5 Å². The Hall–Kier alpha value is -0.620.